The first-order valence-electron chi connectivity index (χ1n) is 9.84. The number of hydrogen-bond acceptors (Lipinski definition) is 4. The molecule has 2 aromatic rings. The molecule has 0 amide bonds. The van der Waals surface area contributed by atoms with Crippen LogP contribution < -0.4 is 15.5 Å². The molecule has 28 heavy (non-hydrogen) atoms. The van der Waals surface area contributed by atoms with Crippen molar-refractivity contribution < 1.29 is 0 Å². The van der Waals surface area contributed by atoms with E-state index < -0.39 is 0 Å². The van der Waals surface area contributed by atoms with Gasteiger partial charge in [-0.2, -0.15) is 5.10 Å². The van der Waals surface area contributed by atoms with Crippen LogP contribution in [-0.2, 0) is 13.6 Å². The van der Waals surface area contributed by atoms with Crippen molar-refractivity contribution in [1.29, 1.82) is 0 Å². The van der Waals surface area contributed by atoms with Crippen LogP contribution in [0.25, 0.3) is 0 Å². The number of guanidine groups is 1. The van der Waals surface area contributed by atoms with Crippen LogP contribution in [-0.4, -0.2) is 58.0 Å². The highest BCUT2D eigenvalue weighted by atomic mass is 127. The third kappa shape index (κ3) is 6.39. The summed E-state index contributed by atoms with van der Waals surface area (Å²) in [5.41, 5.74) is 1.20. The first-order chi connectivity index (χ1) is 13.2. The van der Waals surface area contributed by atoms with Crippen LogP contribution in [0.15, 0.2) is 29.8 Å². The molecule has 1 fully saturated rings. The molecule has 156 valence electrons. The monoisotopic (exact) mass is 500 g/mol. The molecule has 1 unspecified atom stereocenters. The average molecular weight is 500 g/mol. The van der Waals surface area contributed by atoms with E-state index in [1.165, 1.54) is 12.1 Å². The van der Waals surface area contributed by atoms with Crippen LogP contribution in [0.5, 0.6) is 0 Å². The number of aryl methyl sites for hydroxylation is 3. The summed E-state index contributed by atoms with van der Waals surface area (Å²) in [5, 5.41) is 11.3. The number of unbranched alkanes of at least 4 members (excludes halogenated alkanes) is 1. The number of imidazole rings is 1. The van der Waals surface area contributed by atoms with Gasteiger partial charge in [-0.15, -0.1) is 24.0 Å². The van der Waals surface area contributed by atoms with Gasteiger partial charge in [-0.1, -0.05) is 0 Å². The van der Waals surface area contributed by atoms with Gasteiger partial charge in [-0.25, -0.2) is 4.98 Å². The number of rotatable bonds is 7. The number of nitrogens with one attached hydrogen (secondary N) is 2. The lowest BCUT2D eigenvalue weighted by Gasteiger charge is -2.34. The maximum Gasteiger partial charge on any atom is 0.191 e. The lowest BCUT2D eigenvalue weighted by Crippen LogP contribution is -2.51. The Morgan fingerprint density at radius 3 is 2.89 bits per heavy atom. The van der Waals surface area contributed by atoms with Gasteiger partial charge >= 0.3 is 0 Å². The molecule has 1 aliphatic rings. The summed E-state index contributed by atoms with van der Waals surface area (Å²) < 4.78 is 4.06. The van der Waals surface area contributed by atoms with E-state index in [1.54, 1.807) is 0 Å². The second-order valence-corrected chi connectivity index (χ2v) is 7.18. The van der Waals surface area contributed by atoms with Gasteiger partial charge in [0.05, 0.1) is 11.9 Å². The van der Waals surface area contributed by atoms with Crippen molar-refractivity contribution in [3.05, 3.63) is 30.6 Å². The fourth-order valence-corrected chi connectivity index (χ4v) is 3.54. The van der Waals surface area contributed by atoms with Gasteiger partial charge in [0.2, 0.25) is 0 Å². The predicted molar refractivity (Wildman–Crippen MR) is 125 cm³/mol. The van der Waals surface area contributed by atoms with Crippen LogP contribution >= 0.6 is 24.0 Å². The molecular formula is C19H33IN8. The van der Waals surface area contributed by atoms with E-state index in [4.69, 9.17) is 0 Å². The maximum absolute atomic E-state index is 4.39. The van der Waals surface area contributed by atoms with Gasteiger partial charge in [0.1, 0.15) is 5.82 Å². The fourth-order valence-electron chi connectivity index (χ4n) is 3.54. The van der Waals surface area contributed by atoms with E-state index in [9.17, 15) is 0 Å². The summed E-state index contributed by atoms with van der Waals surface area (Å²) in [4.78, 5) is 11.0. The minimum Gasteiger partial charge on any atom is -0.367 e. The molecule has 0 bridgehead atoms. The van der Waals surface area contributed by atoms with Crippen LogP contribution in [0, 0.1) is 6.92 Å². The summed E-state index contributed by atoms with van der Waals surface area (Å²) in [7, 11) is 3.80. The van der Waals surface area contributed by atoms with Crippen LogP contribution in [0.3, 0.4) is 0 Å². The number of hydrogen-bond donors (Lipinski definition) is 2. The highest BCUT2D eigenvalue weighted by Gasteiger charge is 2.21. The number of nitrogens with zero attached hydrogens (tertiary/aromatic N) is 6. The number of anilines is 1. The second-order valence-electron chi connectivity index (χ2n) is 7.18. The minimum absolute atomic E-state index is 0. The van der Waals surface area contributed by atoms with Crippen LogP contribution in [0.1, 0.15) is 31.5 Å². The summed E-state index contributed by atoms with van der Waals surface area (Å²) in [6, 6.07) is 0.402. The lowest BCUT2D eigenvalue weighted by molar-refractivity contribution is 0.467. The topological polar surface area (TPSA) is 75.3 Å². The molecule has 0 aromatic carbocycles. The van der Waals surface area contributed by atoms with Crippen molar-refractivity contribution in [2.45, 2.75) is 45.2 Å². The number of halogens is 1. The molecule has 0 spiro atoms. The Labute approximate surface area is 184 Å². The molecule has 3 heterocycles. The largest absolute Gasteiger partial charge is 0.367 e. The number of piperidine rings is 1. The number of aliphatic imine (C=N–C) groups is 1. The molecule has 3 rings (SSSR count). The van der Waals surface area contributed by atoms with Gasteiger partial charge in [0, 0.05) is 64.9 Å². The van der Waals surface area contributed by atoms with Crippen molar-refractivity contribution in [3.63, 3.8) is 0 Å². The number of aromatic nitrogens is 4. The SMILES string of the molecule is CN=C(NCCCCn1ccnc1C)NC1CCCN(c2cnn(C)c2)C1.I. The lowest BCUT2D eigenvalue weighted by atomic mass is 10.1. The molecule has 0 saturated carbocycles. The molecule has 0 radical (unpaired) electrons. The summed E-state index contributed by atoms with van der Waals surface area (Å²) in [6.45, 7) is 6.05. The Kier molecular flexibility index (Phi) is 9.07. The molecule has 1 atom stereocenters. The van der Waals surface area contributed by atoms with Gasteiger partial charge in [0.15, 0.2) is 5.96 Å². The molecule has 9 heteroatoms. The highest BCUT2D eigenvalue weighted by molar-refractivity contribution is 14.0. The van der Waals surface area contributed by atoms with Crippen LogP contribution in [0.2, 0.25) is 0 Å². The first kappa shape index (κ1) is 22.5. The van der Waals surface area contributed by atoms with E-state index in [2.05, 4.69) is 41.4 Å². The first-order valence-corrected chi connectivity index (χ1v) is 9.84. The Bertz CT molecular complexity index is 738. The smallest absolute Gasteiger partial charge is 0.191 e. The molecule has 2 aromatic heterocycles. The highest BCUT2D eigenvalue weighted by Crippen LogP contribution is 2.18. The zero-order chi connectivity index (χ0) is 19.1. The Morgan fingerprint density at radius 1 is 1.36 bits per heavy atom. The van der Waals surface area contributed by atoms with E-state index >= 15 is 0 Å². The predicted octanol–water partition coefficient (Wildman–Crippen LogP) is 2.16. The zero-order valence-corrected chi connectivity index (χ0v) is 19.5. The van der Waals surface area contributed by atoms with Gasteiger partial charge in [0.25, 0.3) is 0 Å². The normalized spacial score (nSPS) is 17.3. The quantitative estimate of drug-likeness (QED) is 0.264. The Hall–Kier alpha value is -1.78. The molecule has 0 aliphatic carbocycles. The molecule has 1 saturated heterocycles. The molecule has 1 aliphatic heterocycles. The van der Waals surface area contributed by atoms with E-state index in [-0.39, 0.29) is 24.0 Å². The van der Waals surface area contributed by atoms with E-state index in [1.807, 2.05) is 44.3 Å². The van der Waals surface area contributed by atoms with E-state index in [0.29, 0.717) is 6.04 Å². The van der Waals surface area contributed by atoms with Crippen molar-refractivity contribution in [1.82, 2.24) is 30.0 Å². The molecule has 8 nitrogen and oxygen atoms in total. The van der Waals surface area contributed by atoms with Gasteiger partial charge < -0.3 is 20.1 Å². The third-order valence-electron chi connectivity index (χ3n) is 5.08. The van der Waals surface area contributed by atoms with Crippen molar-refractivity contribution in [3.8, 4) is 0 Å². The van der Waals surface area contributed by atoms with Crippen molar-refractivity contribution in [2.24, 2.45) is 12.0 Å². The Balaban J connectivity index is 0.00000280. The second kappa shape index (κ2) is 11.3. The van der Waals surface area contributed by atoms with E-state index in [0.717, 1.165) is 57.2 Å². The molecule has 2 N–H and O–H groups in total. The average Bonchev–Trinajstić information content (AvgIpc) is 3.29. The van der Waals surface area contributed by atoms with Crippen molar-refractivity contribution >= 4 is 35.6 Å². The minimum atomic E-state index is 0. The van der Waals surface area contributed by atoms with Gasteiger partial charge in [-0.05, 0) is 32.6 Å². The summed E-state index contributed by atoms with van der Waals surface area (Å²) in [5.74, 6) is 1.97. The standard InChI is InChI=1S/C19H32N8.HI/c1-16-21-9-12-26(16)10-5-4-8-22-19(20-2)24-17-7-6-11-27(14-17)18-13-23-25(3)15-18;/h9,12-13,15,17H,4-8,10-11,14H2,1-3H3,(H2,20,22,24);1H. The summed E-state index contributed by atoms with van der Waals surface area (Å²) >= 11 is 0. The van der Waals surface area contributed by atoms with Gasteiger partial charge in [-0.3, -0.25) is 9.67 Å². The zero-order valence-electron chi connectivity index (χ0n) is 17.1. The molecular weight excluding hydrogens is 467 g/mol. The Morgan fingerprint density at radius 2 is 2.21 bits per heavy atom. The van der Waals surface area contributed by atoms with Crippen LogP contribution in [0.4, 0.5) is 5.69 Å². The third-order valence-corrected chi connectivity index (χ3v) is 5.08. The maximum atomic E-state index is 4.39. The fraction of sp³-hybridized carbons (Fsp3) is 0.632. The van der Waals surface area contributed by atoms with Crippen molar-refractivity contribution in [2.75, 3.05) is 31.6 Å². The summed E-state index contributed by atoms with van der Waals surface area (Å²) in [6.07, 6.45) is 12.5.